The highest BCUT2D eigenvalue weighted by Gasteiger charge is 2.25. The van der Waals surface area contributed by atoms with Crippen molar-refractivity contribution in [2.75, 3.05) is 13.1 Å². The van der Waals surface area contributed by atoms with Crippen molar-refractivity contribution in [2.45, 2.75) is 32.7 Å². The number of carbonyl (C=O) groups excluding carboxylic acids is 2. The first-order valence-corrected chi connectivity index (χ1v) is 5.35. The van der Waals surface area contributed by atoms with Gasteiger partial charge in [0.25, 0.3) is 0 Å². The third kappa shape index (κ3) is 3.51. The molecule has 0 aromatic carbocycles. The Balaban J connectivity index is 2.47. The van der Waals surface area contributed by atoms with Crippen LogP contribution >= 0.6 is 0 Å². The maximum atomic E-state index is 11.5. The molecule has 0 saturated carbocycles. The number of hydrogen-bond donors (Lipinski definition) is 2. The van der Waals surface area contributed by atoms with Gasteiger partial charge in [0.15, 0.2) is 0 Å². The minimum absolute atomic E-state index is 0.278. The summed E-state index contributed by atoms with van der Waals surface area (Å²) in [7, 11) is 0. The highest BCUT2D eigenvalue weighted by atomic mass is 16.2. The summed E-state index contributed by atoms with van der Waals surface area (Å²) in [5, 5.41) is 2.11. The molecule has 3 N–H and O–H groups in total. The minimum Gasteiger partial charge on any atom is -0.351 e. The molecule has 1 fully saturated rings. The number of amides is 3. The Morgan fingerprint density at radius 3 is 2.73 bits per heavy atom. The number of primary amides is 1. The predicted octanol–water partition coefficient (Wildman–Crippen LogP) is 0.302. The second-order valence-electron chi connectivity index (χ2n) is 4.27. The van der Waals surface area contributed by atoms with Crippen LogP contribution in [-0.2, 0) is 4.79 Å². The van der Waals surface area contributed by atoms with E-state index in [0.717, 1.165) is 19.5 Å². The van der Waals surface area contributed by atoms with Gasteiger partial charge < -0.3 is 5.73 Å². The summed E-state index contributed by atoms with van der Waals surface area (Å²) < 4.78 is 0. The van der Waals surface area contributed by atoms with E-state index in [0.29, 0.717) is 5.92 Å². The molecule has 0 aromatic heterocycles. The lowest BCUT2D eigenvalue weighted by Crippen LogP contribution is -2.51. The van der Waals surface area contributed by atoms with Crippen molar-refractivity contribution in [3.63, 3.8) is 0 Å². The van der Waals surface area contributed by atoms with Gasteiger partial charge in [-0.05, 0) is 32.2 Å². The van der Waals surface area contributed by atoms with Crippen molar-refractivity contribution in [1.82, 2.24) is 10.2 Å². The molecule has 0 unspecified atom stereocenters. The van der Waals surface area contributed by atoms with E-state index in [9.17, 15) is 9.59 Å². The molecular formula is C10H19N3O2. The maximum Gasteiger partial charge on any atom is 0.318 e. The van der Waals surface area contributed by atoms with E-state index in [1.54, 1.807) is 6.92 Å². The van der Waals surface area contributed by atoms with Crippen LogP contribution in [0.2, 0.25) is 0 Å². The molecule has 15 heavy (non-hydrogen) atoms. The minimum atomic E-state index is -0.781. The Morgan fingerprint density at radius 1 is 1.53 bits per heavy atom. The molecule has 0 spiro atoms. The van der Waals surface area contributed by atoms with Crippen molar-refractivity contribution in [3.8, 4) is 0 Å². The second kappa shape index (κ2) is 5.11. The van der Waals surface area contributed by atoms with Crippen LogP contribution in [0.25, 0.3) is 0 Å². The Bertz CT molecular complexity index is 255. The molecule has 1 heterocycles. The summed E-state index contributed by atoms with van der Waals surface area (Å²) in [5.41, 5.74) is 4.90. The maximum absolute atomic E-state index is 11.5. The summed E-state index contributed by atoms with van der Waals surface area (Å²) in [4.78, 5) is 24.1. The third-order valence-corrected chi connectivity index (χ3v) is 2.86. The number of nitrogens with zero attached hydrogens (tertiary/aromatic N) is 1. The number of urea groups is 1. The summed E-state index contributed by atoms with van der Waals surface area (Å²) in [5.74, 6) is 0.305. The molecular weight excluding hydrogens is 194 g/mol. The predicted molar refractivity (Wildman–Crippen MR) is 57.2 cm³/mol. The quantitative estimate of drug-likeness (QED) is 0.692. The first-order chi connectivity index (χ1) is 7.00. The number of likely N-dealkylation sites (tertiary alicyclic amines) is 1. The highest BCUT2D eigenvalue weighted by molar-refractivity contribution is 5.96. The molecule has 0 bridgehead atoms. The monoisotopic (exact) mass is 213 g/mol. The van der Waals surface area contributed by atoms with Crippen LogP contribution < -0.4 is 11.1 Å². The van der Waals surface area contributed by atoms with Gasteiger partial charge in [-0.25, -0.2) is 4.79 Å². The smallest absolute Gasteiger partial charge is 0.318 e. The van der Waals surface area contributed by atoms with E-state index >= 15 is 0 Å². The molecule has 86 valence electrons. The van der Waals surface area contributed by atoms with Gasteiger partial charge in [0.1, 0.15) is 0 Å². The van der Waals surface area contributed by atoms with E-state index in [4.69, 9.17) is 5.73 Å². The van der Waals surface area contributed by atoms with Crippen LogP contribution in [0, 0.1) is 5.92 Å². The molecule has 5 nitrogen and oxygen atoms in total. The van der Waals surface area contributed by atoms with Gasteiger partial charge >= 0.3 is 6.03 Å². The van der Waals surface area contributed by atoms with Gasteiger partial charge in [-0.2, -0.15) is 0 Å². The van der Waals surface area contributed by atoms with Crippen molar-refractivity contribution in [1.29, 1.82) is 0 Å². The number of imide groups is 1. The van der Waals surface area contributed by atoms with Gasteiger partial charge in [0.05, 0.1) is 6.04 Å². The number of piperidine rings is 1. The normalized spacial score (nSPS) is 24.5. The first-order valence-electron chi connectivity index (χ1n) is 5.35. The van der Waals surface area contributed by atoms with Crippen LogP contribution in [0.5, 0.6) is 0 Å². The molecule has 1 aliphatic rings. The zero-order valence-electron chi connectivity index (χ0n) is 9.32. The number of rotatable bonds is 2. The number of nitrogens with two attached hydrogens (primary N) is 1. The number of hydrogen-bond acceptors (Lipinski definition) is 3. The highest BCUT2D eigenvalue weighted by Crippen LogP contribution is 2.17. The molecule has 2 atom stereocenters. The van der Waals surface area contributed by atoms with E-state index < -0.39 is 6.03 Å². The van der Waals surface area contributed by atoms with E-state index in [2.05, 4.69) is 17.1 Å². The third-order valence-electron chi connectivity index (χ3n) is 2.86. The number of nitrogens with one attached hydrogen (secondary N) is 1. The van der Waals surface area contributed by atoms with E-state index in [-0.39, 0.29) is 11.9 Å². The fourth-order valence-corrected chi connectivity index (χ4v) is 1.97. The zero-order valence-corrected chi connectivity index (χ0v) is 9.32. The van der Waals surface area contributed by atoms with Gasteiger partial charge in [-0.1, -0.05) is 6.92 Å². The van der Waals surface area contributed by atoms with Gasteiger partial charge in [-0.15, -0.1) is 0 Å². The van der Waals surface area contributed by atoms with E-state index in [1.165, 1.54) is 6.42 Å². The van der Waals surface area contributed by atoms with Crippen molar-refractivity contribution < 1.29 is 9.59 Å². The van der Waals surface area contributed by atoms with Crippen molar-refractivity contribution in [2.24, 2.45) is 11.7 Å². The summed E-state index contributed by atoms with van der Waals surface area (Å²) in [6, 6.07) is -1.06. The lowest BCUT2D eigenvalue weighted by molar-refractivity contribution is -0.125. The standard InChI is InChI=1S/C10H19N3O2/c1-7-4-3-5-13(6-7)8(2)9(14)12-10(11)15/h7-8H,3-6H2,1-2H3,(H3,11,12,14,15)/t7-,8+/m1/s1. The van der Waals surface area contributed by atoms with Crippen molar-refractivity contribution >= 4 is 11.9 Å². The van der Waals surface area contributed by atoms with Crippen LogP contribution in [0.15, 0.2) is 0 Å². The summed E-state index contributed by atoms with van der Waals surface area (Å²) in [6.07, 6.45) is 2.32. The molecule has 0 aliphatic carbocycles. The first kappa shape index (κ1) is 12.0. The lowest BCUT2D eigenvalue weighted by atomic mass is 9.99. The van der Waals surface area contributed by atoms with Crippen LogP contribution in [0.3, 0.4) is 0 Å². The fourth-order valence-electron chi connectivity index (χ4n) is 1.97. The topological polar surface area (TPSA) is 75.4 Å². The van der Waals surface area contributed by atoms with Gasteiger partial charge in [0.2, 0.25) is 5.91 Å². The molecule has 3 amide bonds. The Hall–Kier alpha value is -1.10. The van der Waals surface area contributed by atoms with Gasteiger partial charge in [-0.3, -0.25) is 15.0 Å². The summed E-state index contributed by atoms with van der Waals surface area (Å²) >= 11 is 0. The molecule has 0 radical (unpaired) electrons. The molecule has 0 aromatic rings. The van der Waals surface area contributed by atoms with Crippen LogP contribution in [0.1, 0.15) is 26.7 Å². The molecule has 1 rings (SSSR count). The molecule has 1 saturated heterocycles. The molecule has 1 aliphatic heterocycles. The Labute approximate surface area is 90.0 Å². The van der Waals surface area contributed by atoms with Crippen LogP contribution in [0.4, 0.5) is 4.79 Å². The lowest BCUT2D eigenvalue weighted by Gasteiger charge is -2.34. The summed E-state index contributed by atoms with van der Waals surface area (Å²) in [6.45, 7) is 5.80. The molecule has 5 heteroatoms. The number of carbonyl (C=O) groups is 2. The van der Waals surface area contributed by atoms with Gasteiger partial charge in [0, 0.05) is 6.54 Å². The Kier molecular flexibility index (Phi) is 4.08. The SMILES string of the molecule is C[C@@H]1CCCN([C@@H](C)C(=O)NC(N)=O)C1. The fraction of sp³-hybridized carbons (Fsp3) is 0.800. The second-order valence-corrected chi connectivity index (χ2v) is 4.27. The zero-order chi connectivity index (χ0) is 11.4. The average Bonchev–Trinajstić information content (AvgIpc) is 2.15. The van der Waals surface area contributed by atoms with Crippen molar-refractivity contribution in [3.05, 3.63) is 0 Å². The average molecular weight is 213 g/mol. The van der Waals surface area contributed by atoms with E-state index in [1.807, 2.05) is 0 Å². The Morgan fingerprint density at radius 2 is 2.20 bits per heavy atom. The van der Waals surface area contributed by atoms with Crippen LogP contribution in [-0.4, -0.2) is 36.0 Å². The largest absolute Gasteiger partial charge is 0.351 e.